The van der Waals surface area contributed by atoms with Crippen molar-refractivity contribution in [3.8, 4) is 0 Å². The quantitative estimate of drug-likeness (QED) is 0.826. The first-order valence-corrected chi connectivity index (χ1v) is 6.53. The zero-order valence-corrected chi connectivity index (χ0v) is 12.2. The Balaban J connectivity index is 2.63. The van der Waals surface area contributed by atoms with Crippen molar-refractivity contribution in [1.82, 2.24) is 5.32 Å². The van der Waals surface area contributed by atoms with Gasteiger partial charge in [-0.05, 0) is 62.0 Å². The van der Waals surface area contributed by atoms with Crippen LogP contribution >= 0.6 is 31.9 Å². The first-order valence-electron chi connectivity index (χ1n) is 4.94. The second-order valence-corrected chi connectivity index (χ2v) is 5.71. The van der Waals surface area contributed by atoms with E-state index in [1.165, 1.54) is 5.56 Å². The summed E-state index contributed by atoms with van der Waals surface area (Å²) in [6.45, 7) is 6.29. The summed E-state index contributed by atoms with van der Waals surface area (Å²) in [5.41, 5.74) is 7.79. The minimum atomic E-state index is 0.672. The fraction of sp³-hybridized carbons (Fsp3) is 0.455. The van der Waals surface area contributed by atoms with Crippen molar-refractivity contribution >= 4 is 37.5 Å². The average Bonchev–Trinajstić information content (AvgIpc) is 2.13. The monoisotopic (exact) mass is 334 g/mol. The van der Waals surface area contributed by atoms with Gasteiger partial charge in [-0.25, -0.2) is 0 Å². The maximum absolute atomic E-state index is 5.81. The van der Waals surface area contributed by atoms with E-state index in [4.69, 9.17) is 5.73 Å². The van der Waals surface area contributed by atoms with Gasteiger partial charge in [0.05, 0.1) is 5.69 Å². The first-order chi connectivity index (χ1) is 7.00. The van der Waals surface area contributed by atoms with E-state index in [0.717, 1.165) is 27.7 Å². The molecule has 2 nitrogen and oxygen atoms in total. The summed E-state index contributed by atoms with van der Waals surface area (Å²) in [5, 5.41) is 3.39. The van der Waals surface area contributed by atoms with E-state index < -0.39 is 0 Å². The first kappa shape index (κ1) is 13.0. The topological polar surface area (TPSA) is 38.0 Å². The molecule has 0 aliphatic heterocycles. The molecule has 4 heteroatoms. The normalized spacial score (nSPS) is 11.0. The zero-order chi connectivity index (χ0) is 11.4. The van der Waals surface area contributed by atoms with E-state index in [9.17, 15) is 0 Å². The van der Waals surface area contributed by atoms with E-state index in [0.29, 0.717) is 5.92 Å². The lowest BCUT2D eigenvalue weighted by Crippen LogP contribution is -2.19. The maximum atomic E-state index is 5.81. The smallest absolute Gasteiger partial charge is 0.0603 e. The van der Waals surface area contributed by atoms with Gasteiger partial charge in [0.1, 0.15) is 0 Å². The molecule has 0 saturated carbocycles. The lowest BCUT2D eigenvalue weighted by Gasteiger charge is -2.09. The number of nitrogens with two attached hydrogens (primary N) is 1. The number of nitrogen functional groups attached to an aromatic ring is 1. The Labute approximate surface area is 108 Å². The van der Waals surface area contributed by atoms with Gasteiger partial charge in [-0.1, -0.05) is 13.8 Å². The molecule has 0 amide bonds. The second kappa shape index (κ2) is 5.87. The van der Waals surface area contributed by atoms with Crippen molar-refractivity contribution in [1.29, 1.82) is 0 Å². The molecular formula is C11H16Br2N2. The molecular weight excluding hydrogens is 320 g/mol. The molecule has 0 spiro atoms. The molecule has 1 aromatic carbocycles. The lowest BCUT2D eigenvalue weighted by molar-refractivity contribution is 0.552. The number of hydrogen-bond acceptors (Lipinski definition) is 2. The van der Waals surface area contributed by atoms with Crippen LogP contribution in [-0.4, -0.2) is 6.54 Å². The number of benzene rings is 1. The third-order valence-electron chi connectivity index (χ3n) is 2.02. The Hall–Kier alpha value is -0.0600. The molecule has 0 fully saturated rings. The molecule has 0 atom stereocenters. The predicted octanol–water partition coefficient (Wildman–Crippen LogP) is 3.54. The van der Waals surface area contributed by atoms with Crippen molar-refractivity contribution < 1.29 is 0 Å². The number of halogens is 2. The van der Waals surface area contributed by atoms with Crippen molar-refractivity contribution in [2.45, 2.75) is 20.4 Å². The minimum Gasteiger partial charge on any atom is -0.397 e. The van der Waals surface area contributed by atoms with Crippen LogP contribution in [0, 0.1) is 5.92 Å². The van der Waals surface area contributed by atoms with E-state index >= 15 is 0 Å². The van der Waals surface area contributed by atoms with Gasteiger partial charge in [-0.15, -0.1) is 0 Å². The zero-order valence-electron chi connectivity index (χ0n) is 8.98. The van der Waals surface area contributed by atoms with Crippen LogP contribution in [0.5, 0.6) is 0 Å². The number of anilines is 1. The molecule has 0 heterocycles. The van der Waals surface area contributed by atoms with Crippen LogP contribution in [0.15, 0.2) is 21.1 Å². The average molecular weight is 336 g/mol. The number of nitrogens with one attached hydrogen (secondary N) is 1. The Bertz CT molecular complexity index is 314. The maximum Gasteiger partial charge on any atom is 0.0603 e. The van der Waals surface area contributed by atoms with Gasteiger partial charge in [-0.3, -0.25) is 0 Å². The fourth-order valence-corrected chi connectivity index (χ4v) is 2.53. The van der Waals surface area contributed by atoms with Gasteiger partial charge in [0, 0.05) is 15.5 Å². The van der Waals surface area contributed by atoms with Crippen molar-refractivity contribution in [2.75, 3.05) is 12.3 Å². The Morgan fingerprint density at radius 3 is 2.27 bits per heavy atom. The summed E-state index contributed by atoms with van der Waals surface area (Å²) >= 11 is 6.87. The van der Waals surface area contributed by atoms with Crippen LogP contribution in [-0.2, 0) is 6.54 Å². The van der Waals surface area contributed by atoms with Crippen molar-refractivity contribution in [2.24, 2.45) is 5.92 Å². The van der Waals surface area contributed by atoms with Gasteiger partial charge < -0.3 is 11.1 Å². The molecule has 1 rings (SSSR count). The van der Waals surface area contributed by atoms with E-state index in [1.807, 2.05) is 12.1 Å². The molecule has 0 aromatic heterocycles. The largest absolute Gasteiger partial charge is 0.397 e. The van der Waals surface area contributed by atoms with E-state index in [-0.39, 0.29) is 0 Å². The summed E-state index contributed by atoms with van der Waals surface area (Å²) in [7, 11) is 0. The summed E-state index contributed by atoms with van der Waals surface area (Å²) in [6.07, 6.45) is 0. The SMILES string of the molecule is CC(C)CNCc1cc(Br)c(N)c(Br)c1. The molecule has 15 heavy (non-hydrogen) atoms. The lowest BCUT2D eigenvalue weighted by atomic mass is 10.2. The minimum absolute atomic E-state index is 0.672. The fourth-order valence-electron chi connectivity index (χ4n) is 1.24. The third kappa shape index (κ3) is 4.13. The van der Waals surface area contributed by atoms with Crippen LogP contribution in [0.1, 0.15) is 19.4 Å². The second-order valence-electron chi connectivity index (χ2n) is 4.00. The molecule has 84 valence electrons. The Morgan fingerprint density at radius 1 is 1.27 bits per heavy atom. The Kier molecular flexibility index (Phi) is 5.09. The van der Waals surface area contributed by atoms with Gasteiger partial charge in [0.25, 0.3) is 0 Å². The number of rotatable bonds is 4. The molecule has 3 N–H and O–H groups in total. The van der Waals surface area contributed by atoms with Crippen LogP contribution in [0.25, 0.3) is 0 Å². The van der Waals surface area contributed by atoms with Gasteiger partial charge in [-0.2, -0.15) is 0 Å². The van der Waals surface area contributed by atoms with Crippen molar-refractivity contribution in [3.05, 3.63) is 26.6 Å². The predicted molar refractivity (Wildman–Crippen MR) is 72.8 cm³/mol. The molecule has 0 saturated heterocycles. The molecule has 1 aromatic rings. The highest BCUT2D eigenvalue weighted by Crippen LogP contribution is 2.29. The molecule has 0 bridgehead atoms. The summed E-state index contributed by atoms with van der Waals surface area (Å²) < 4.78 is 1.89. The molecule has 0 unspecified atom stereocenters. The van der Waals surface area contributed by atoms with Crippen molar-refractivity contribution in [3.63, 3.8) is 0 Å². The van der Waals surface area contributed by atoms with Crippen LogP contribution in [0.4, 0.5) is 5.69 Å². The van der Waals surface area contributed by atoms with Gasteiger partial charge in [0.2, 0.25) is 0 Å². The molecule has 0 aliphatic carbocycles. The molecule has 0 aliphatic rings. The summed E-state index contributed by atoms with van der Waals surface area (Å²) in [4.78, 5) is 0. The highest BCUT2D eigenvalue weighted by Gasteiger charge is 2.03. The highest BCUT2D eigenvalue weighted by molar-refractivity contribution is 9.11. The van der Waals surface area contributed by atoms with Crippen LogP contribution in [0.3, 0.4) is 0 Å². The standard InChI is InChI=1S/C11H16Br2N2/c1-7(2)5-15-6-8-3-9(12)11(14)10(13)4-8/h3-4,7,15H,5-6,14H2,1-2H3. The molecule has 0 radical (unpaired) electrons. The summed E-state index contributed by atoms with van der Waals surface area (Å²) in [5.74, 6) is 0.672. The van der Waals surface area contributed by atoms with Gasteiger partial charge >= 0.3 is 0 Å². The Morgan fingerprint density at radius 2 is 1.80 bits per heavy atom. The van der Waals surface area contributed by atoms with Gasteiger partial charge in [0.15, 0.2) is 0 Å². The van der Waals surface area contributed by atoms with Crippen LogP contribution in [0.2, 0.25) is 0 Å². The van der Waals surface area contributed by atoms with E-state index in [2.05, 4.69) is 51.0 Å². The highest BCUT2D eigenvalue weighted by atomic mass is 79.9. The van der Waals surface area contributed by atoms with E-state index in [1.54, 1.807) is 0 Å². The summed E-state index contributed by atoms with van der Waals surface area (Å²) in [6, 6.07) is 4.10. The third-order valence-corrected chi connectivity index (χ3v) is 3.33. The van der Waals surface area contributed by atoms with Crippen LogP contribution < -0.4 is 11.1 Å². The number of hydrogen-bond donors (Lipinski definition) is 2.